The van der Waals surface area contributed by atoms with Crippen LogP contribution in [0.1, 0.15) is 13.3 Å². The van der Waals surface area contributed by atoms with E-state index in [2.05, 4.69) is 9.71 Å². The summed E-state index contributed by atoms with van der Waals surface area (Å²) in [7, 11) is 0.891. The molecule has 2 aromatic heterocycles. The van der Waals surface area contributed by atoms with Crippen LogP contribution in [0.2, 0.25) is 5.02 Å². The maximum Gasteiger partial charge on any atom is 0.328 e. The third-order valence-corrected chi connectivity index (χ3v) is 6.73. The van der Waals surface area contributed by atoms with Gasteiger partial charge in [-0.25, -0.2) is 9.78 Å². The van der Waals surface area contributed by atoms with Crippen molar-refractivity contribution in [2.45, 2.75) is 18.4 Å². The lowest BCUT2D eigenvalue weighted by molar-refractivity contribution is 0.316. The van der Waals surface area contributed by atoms with Crippen LogP contribution in [-0.2, 0) is 31.2 Å². The molecule has 0 aliphatic heterocycles. The highest BCUT2D eigenvalue weighted by Crippen LogP contribution is 2.37. The van der Waals surface area contributed by atoms with Crippen molar-refractivity contribution in [1.82, 2.24) is 18.7 Å². The van der Waals surface area contributed by atoms with Crippen molar-refractivity contribution in [2.75, 3.05) is 11.3 Å². The van der Waals surface area contributed by atoms with Crippen LogP contribution in [0.3, 0.4) is 0 Å². The van der Waals surface area contributed by atoms with Gasteiger partial charge in [0.05, 0.1) is 34.7 Å². The van der Waals surface area contributed by atoms with Crippen LogP contribution in [0.5, 0.6) is 17.2 Å². The van der Waals surface area contributed by atoms with Crippen molar-refractivity contribution in [3.8, 4) is 17.2 Å². The summed E-state index contributed by atoms with van der Waals surface area (Å²) < 4.78 is 44.6. The first kappa shape index (κ1) is 23.7. The number of hydrogen-bond acceptors (Lipinski definition) is 6. The number of fused-ring (bicyclic) bond motifs is 1. The number of rotatable bonds is 8. The molecule has 0 radical (unpaired) electrons. The molecule has 0 saturated carbocycles. The highest BCUT2D eigenvalue weighted by Gasteiger charge is 2.22. The molecule has 180 valence electrons. The maximum atomic E-state index is 13.0. The summed E-state index contributed by atoms with van der Waals surface area (Å²) in [5, 5.41) is 0.280. The Kier molecular flexibility index (Phi) is 6.32. The Bertz CT molecular complexity index is 1540. The minimum atomic E-state index is -4.02. The fourth-order valence-electron chi connectivity index (χ4n) is 3.41. The molecule has 0 amide bonds. The van der Waals surface area contributed by atoms with E-state index in [4.69, 9.17) is 21.1 Å². The number of hydrogen-bond donors (Lipinski definition) is 1. The molecule has 12 heteroatoms. The van der Waals surface area contributed by atoms with Gasteiger partial charge in [-0.3, -0.25) is 13.9 Å². The molecular weight excluding hydrogens is 482 g/mol. The van der Waals surface area contributed by atoms with E-state index in [1.54, 1.807) is 51.5 Å². The number of aryl methyl sites for hydroxylation is 3. The zero-order valence-electron chi connectivity index (χ0n) is 19.1. The summed E-state index contributed by atoms with van der Waals surface area (Å²) in [5.74, 6) is 1.02. The predicted octanol–water partition coefficient (Wildman–Crippen LogP) is 3.65. The highest BCUT2D eigenvalue weighted by atomic mass is 35.5. The summed E-state index contributed by atoms with van der Waals surface area (Å²) in [6.07, 6.45) is 3.58. The van der Waals surface area contributed by atoms with Crippen molar-refractivity contribution < 1.29 is 17.9 Å². The first-order valence-corrected chi connectivity index (χ1v) is 12.3. The number of anilines is 1. The van der Waals surface area contributed by atoms with Crippen LogP contribution < -0.4 is 19.9 Å². The molecule has 0 bridgehead atoms. The number of imidazole rings is 2. The topological polar surface area (TPSA) is 109 Å². The standard InChI is InChI=1S/C22H24ClN5O5S/c1-5-8-32-19-9-14(6-7-15(19)23)33-20-11-18-17(27(3)22(29)28(18)4)10-16(20)25-34(30,31)21-12-26(2)13-24-21/h6-7,9-13,25H,5,8H2,1-4H3. The Morgan fingerprint density at radius 3 is 2.41 bits per heavy atom. The Hall–Kier alpha value is -3.44. The minimum Gasteiger partial charge on any atom is -0.492 e. The van der Waals surface area contributed by atoms with Gasteiger partial charge in [0.2, 0.25) is 0 Å². The van der Waals surface area contributed by atoms with Crippen molar-refractivity contribution >= 4 is 38.3 Å². The molecule has 0 fully saturated rings. The molecule has 34 heavy (non-hydrogen) atoms. The van der Waals surface area contributed by atoms with Crippen molar-refractivity contribution in [3.05, 3.63) is 58.4 Å². The Labute approximate surface area is 201 Å². The van der Waals surface area contributed by atoms with Gasteiger partial charge in [-0.15, -0.1) is 0 Å². The number of halogens is 1. The molecule has 0 atom stereocenters. The lowest BCUT2D eigenvalue weighted by Crippen LogP contribution is -2.19. The number of benzene rings is 2. The van der Waals surface area contributed by atoms with Gasteiger partial charge in [-0.05, 0) is 24.6 Å². The minimum absolute atomic E-state index is 0.144. The van der Waals surface area contributed by atoms with Crippen LogP contribution >= 0.6 is 11.6 Å². The Morgan fingerprint density at radius 1 is 1.06 bits per heavy atom. The Balaban J connectivity index is 1.81. The number of ether oxygens (including phenoxy) is 2. The van der Waals surface area contributed by atoms with Crippen molar-refractivity contribution in [1.29, 1.82) is 0 Å². The van der Waals surface area contributed by atoms with Crippen molar-refractivity contribution in [3.63, 3.8) is 0 Å². The van der Waals surface area contributed by atoms with E-state index in [0.29, 0.717) is 34.2 Å². The van der Waals surface area contributed by atoms with E-state index >= 15 is 0 Å². The molecule has 0 unspecified atom stereocenters. The fourth-order valence-corrected chi connectivity index (χ4v) is 4.63. The van der Waals surface area contributed by atoms with Crippen LogP contribution in [0.25, 0.3) is 11.0 Å². The smallest absolute Gasteiger partial charge is 0.328 e. The van der Waals surface area contributed by atoms with Crippen LogP contribution in [0, 0.1) is 0 Å². The largest absolute Gasteiger partial charge is 0.492 e. The second kappa shape index (κ2) is 9.07. The SMILES string of the molecule is CCCOc1cc(Oc2cc3c(cc2NS(=O)(=O)c2cn(C)cn2)n(C)c(=O)n3C)ccc1Cl. The van der Waals surface area contributed by atoms with Gasteiger partial charge in [-0.1, -0.05) is 18.5 Å². The lowest BCUT2D eigenvalue weighted by atomic mass is 10.2. The van der Waals surface area contributed by atoms with E-state index in [1.807, 2.05) is 6.92 Å². The third kappa shape index (κ3) is 4.48. The molecule has 2 aromatic carbocycles. The van der Waals surface area contributed by atoms with Crippen LogP contribution in [0.15, 0.2) is 52.7 Å². The normalized spacial score (nSPS) is 11.7. The second-order valence-electron chi connectivity index (χ2n) is 7.76. The number of sulfonamides is 1. The highest BCUT2D eigenvalue weighted by molar-refractivity contribution is 7.92. The van der Waals surface area contributed by atoms with E-state index in [9.17, 15) is 13.2 Å². The van der Waals surface area contributed by atoms with Gasteiger partial charge in [-0.2, -0.15) is 8.42 Å². The third-order valence-electron chi connectivity index (χ3n) is 5.17. The van der Waals surface area contributed by atoms with E-state index < -0.39 is 10.0 Å². The number of nitrogens with zero attached hydrogens (tertiary/aromatic N) is 4. The van der Waals surface area contributed by atoms with Gasteiger partial charge >= 0.3 is 5.69 Å². The van der Waals surface area contributed by atoms with E-state index in [0.717, 1.165) is 6.42 Å². The number of nitrogens with one attached hydrogen (secondary N) is 1. The maximum absolute atomic E-state index is 13.0. The van der Waals surface area contributed by atoms with E-state index in [-0.39, 0.29) is 22.2 Å². The van der Waals surface area contributed by atoms with Gasteiger partial charge < -0.3 is 14.0 Å². The molecule has 2 heterocycles. The molecule has 0 saturated heterocycles. The molecule has 1 N–H and O–H groups in total. The van der Waals surface area contributed by atoms with Gasteiger partial charge in [0, 0.05) is 39.5 Å². The molecule has 4 aromatic rings. The van der Waals surface area contributed by atoms with Crippen LogP contribution in [0.4, 0.5) is 5.69 Å². The average Bonchev–Trinajstić information content (AvgIpc) is 3.33. The molecule has 0 aliphatic rings. The number of aromatic nitrogens is 4. The second-order valence-corrected chi connectivity index (χ2v) is 9.80. The molecule has 10 nitrogen and oxygen atoms in total. The zero-order valence-corrected chi connectivity index (χ0v) is 20.6. The summed E-state index contributed by atoms with van der Waals surface area (Å²) in [4.78, 5) is 16.4. The molecule has 0 aliphatic carbocycles. The first-order chi connectivity index (χ1) is 16.1. The van der Waals surface area contributed by atoms with Gasteiger partial charge in [0.1, 0.15) is 11.5 Å². The zero-order chi connectivity index (χ0) is 24.6. The van der Waals surface area contributed by atoms with Gasteiger partial charge in [0.25, 0.3) is 10.0 Å². The molecular formula is C22H24ClN5O5S. The lowest BCUT2D eigenvalue weighted by Gasteiger charge is -2.15. The predicted molar refractivity (Wildman–Crippen MR) is 129 cm³/mol. The first-order valence-electron chi connectivity index (χ1n) is 10.4. The monoisotopic (exact) mass is 505 g/mol. The average molecular weight is 506 g/mol. The summed E-state index contributed by atoms with van der Waals surface area (Å²) >= 11 is 6.22. The molecule has 4 rings (SSSR count). The fraction of sp³-hybridized carbons (Fsp3) is 0.273. The van der Waals surface area contributed by atoms with Crippen molar-refractivity contribution in [2.24, 2.45) is 21.1 Å². The summed E-state index contributed by atoms with van der Waals surface area (Å²) in [5.41, 5.74) is 0.985. The van der Waals surface area contributed by atoms with Crippen LogP contribution in [-0.4, -0.2) is 33.7 Å². The Morgan fingerprint density at radius 2 is 1.76 bits per heavy atom. The summed E-state index contributed by atoms with van der Waals surface area (Å²) in [6, 6.07) is 8.07. The quantitative estimate of drug-likeness (QED) is 0.391. The van der Waals surface area contributed by atoms with E-state index in [1.165, 1.54) is 26.2 Å². The molecule has 0 spiro atoms. The summed E-state index contributed by atoms with van der Waals surface area (Å²) in [6.45, 7) is 2.46. The van der Waals surface area contributed by atoms with Gasteiger partial charge in [0.15, 0.2) is 10.8 Å².